The first-order valence-electron chi connectivity index (χ1n) is 6.59. The first-order valence-corrected chi connectivity index (χ1v) is 6.97. The molecule has 0 aromatic heterocycles. The van der Waals surface area contributed by atoms with Crippen LogP contribution in [0.25, 0.3) is 0 Å². The maximum Gasteiger partial charge on any atom is 0.341 e. The van der Waals surface area contributed by atoms with E-state index in [1.165, 1.54) is 0 Å². The standard InChI is InChI=1S/C16H12ClF2NO3/c17-13-4-2-1-3-10(13)8-20-15(21)9-23-16(22)12-6-5-11(18)7-14(12)19/h1-7H,8-9H2,(H,20,21). The Labute approximate surface area is 136 Å². The van der Waals surface area contributed by atoms with Crippen molar-refractivity contribution in [1.29, 1.82) is 0 Å². The zero-order valence-electron chi connectivity index (χ0n) is 11.8. The van der Waals surface area contributed by atoms with Crippen LogP contribution in [0.5, 0.6) is 0 Å². The van der Waals surface area contributed by atoms with Gasteiger partial charge in [0.15, 0.2) is 6.61 Å². The summed E-state index contributed by atoms with van der Waals surface area (Å²) in [5.74, 6) is -3.47. The van der Waals surface area contributed by atoms with E-state index in [-0.39, 0.29) is 6.54 Å². The van der Waals surface area contributed by atoms with Crippen molar-refractivity contribution in [2.45, 2.75) is 6.54 Å². The van der Waals surface area contributed by atoms with Crippen molar-refractivity contribution in [2.75, 3.05) is 6.61 Å². The van der Waals surface area contributed by atoms with Gasteiger partial charge in [-0.3, -0.25) is 4.79 Å². The van der Waals surface area contributed by atoms with Crippen LogP contribution >= 0.6 is 11.6 Å². The van der Waals surface area contributed by atoms with E-state index in [9.17, 15) is 18.4 Å². The molecular formula is C16H12ClF2NO3. The number of benzene rings is 2. The molecule has 1 N–H and O–H groups in total. The lowest BCUT2D eigenvalue weighted by molar-refractivity contribution is -0.124. The summed E-state index contributed by atoms with van der Waals surface area (Å²) in [5, 5.41) is 3.01. The van der Waals surface area contributed by atoms with Gasteiger partial charge in [0.05, 0.1) is 5.56 Å². The molecule has 0 aliphatic rings. The molecule has 0 unspecified atom stereocenters. The third-order valence-electron chi connectivity index (χ3n) is 2.92. The highest BCUT2D eigenvalue weighted by Crippen LogP contribution is 2.14. The van der Waals surface area contributed by atoms with Gasteiger partial charge in [-0.05, 0) is 23.8 Å². The molecule has 0 radical (unpaired) electrons. The highest BCUT2D eigenvalue weighted by Gasteiger charge is 2.15. The summed E-state index contributed by atoms with van der Waals surface area (Å²) in [7, 11) is 0. The average Bonchev–Trinajstić information content (AvgIpc) is 2.52. The topological polar surface area (TPSA) is 55.4 Å². The summed E-state index contributed by atoms with van der Waals surface area (Å²) >= 11 is 5.94. The number of carbonyl (C=O) groups is 2. The molecule has 0 saturated heterocycles. The number of carbonyl (C=O) groups excluding carboxylic acids is 2. The van der Waals surface area contributed by atoms with Crippen molar-refractivity contribution in [2.24, 2.45) is 0 Å². The number of amides is 1. The van der Waals surface area contributed by atoms with E-state index >= 15 is 0 Å². The predicted molar refractivity (Wildman–Crippen MR) is 79.9 cm³/mol. The Morgan fingerprint density at radius 2 is 1.87 bits per heavy atom. The minimum Gasteiger partial charge on any atom is -0.452 e. The molecule has 0 atom stereocenters. The van der Waals surface area contributed by atoms with Crippen LogP contribution in [0.1, 0.15) is 15.9 Å². The fourth-order valence-electron chi connectivity index (χ4n) is 1.75. The Morgan fingerprint density at radius 3 is 2.57 bits per heavy atom. The molecule has 0 fully saturated rings. The Kier molecular flexibility index (Phi) is 5.65. The highest BCUT2D eigenvalue weighted by molar-refractivity contribution is 6.31. The van der Waals surface area contributed by atoms with E-state index in [0.29, 0.717) is 16.7 Å². The van der Waals surface area contributed by atoms with Crippen molar-refractivity contribution >= 4 is 23.5 Å². The van der Waals surface area contributed by atoms with Gasteiger partial charge in [-0.2, -0.15) is 0 Å². The number of rotatable bonds is 5. The van der Waals surface area contributed by atoms with E-state index in [2.05, 4.69) is 10.1 Å². The van der Waals surface area contributed by atoms with E-state index in [4.69, 9.17) is 11.6 Å². The summed E-state index contributed by atoms with van der Waals surface area (Å²) in [5.41, 5.74) is 0.267. The summed E-state index contributed by atoms with van der Waals surface area (Å²) in [6, 6.07) is 9.39. The molecule has 0 spiro atoms. The molecule has 0 aliphatic heterocycles. The third-order valence-corrected chi connectivity index (χ3v) is 3.29. The summed E-state index contributed by atoms with van der Waals surface area (Å²) in [6.45, 7) is -0.416. The molecule has 0 heterocycles. The van der Waals surface area contributed by atoms with E-state index in [1.54, 1.807) is 24.3 Å². The molecule has 0 saturated carbocycles. The molecule has 1 amide bonds. The molecule has 7 heteroatoms. The molecule has 2 rings (SSSR count). The van der Waals surface area contributed by atoms with Gasteiger partial charge in [0.25, 0.3) is 5.91 Å². The smallest absolute Gasteiger partial charge is 0.341 e. The van der Waals surface area contributed by atoms with Crippen LogP contribution in [0.3, 0.4) is 0 Å². The van der Waals surface area contributed by atoms with Gasteiger partial charge in [0.2, 0.25) is 0 Å². The van der Waals surface area contributed by atoms with Crippen molar-refractivity contribution < 1.29 is 23.1 Å². The first-order chi connectivity index (χ1) is 11.0. The molecule has 23 heavy (non-hydrogen) atoms. The van der Waals surface area contributed by atoms with E-state index < -0.39 is 35.7 Å². The lowest BCUT2D eigenvalue weighted by atomic mass is 10.2. The van der Waals surface area contributed by atoms with E-state index in [1.807, 2.05) is 0 Å². The number of nitrogens with one attached hydrogen (secondary N) is 1. The zero-order valence-corrected chi connectivity index (χ0v) is 12.6. The highest BCUT2D eigenvalue weighted by atomic mass is 35.5. The van der Waals surface area contributed by atoms with Crippen LogP contribution in [-0.4, -0.2) is 18.5 Å². The molecule has 0 bridgehead atoms. The van der Waals surface area contributed by atoms with Crippen LogP contribution in [-0.2, 0) is 16.1 Å². The monoisotopic (exact) mass is 339 g/mol. The minimum atomic E-state index is -1.05. The maximum absolute atomic E-state index is 13.4. The van der Waals surface area contributed by atoms with Crippen LogP contribution < -0.4 is 5.32 Å². The fraction of sp³-hybridized carbons (Fsp3) is 0.125. The average molecular weight is 340 g/mol. The Balaban J connectivity index is 1.84. The largest absolute Gasteiger partial charge is 0.452 e. The summed E-state index contributed by atoms with van der Waals surface area (Å²) < 4.78 is 30.8. The van der Waals surface area contributed by atoms with Crippen molar-refractivity contribution in [3.63, 3.8) is 0 Å². The van der Waals surface area contributed by atoms with Gasteiger partial charge >= 0.3 is 5.97 Å². The van der Waals surface area contributed by atoms with Gasteiger partial charge < -0.3 is 10.1 Å². The number of esters is 1. The van der Waals surface area contributed by atoms with E-state index in [0.717, 1.165) is 12.1 Å². The first kappa shape index (κ1) is 16.9. The SMILES string of the molecule is O=C(COC(=O)c1ccc(F)cc1F)NCc1ccccc1Cl. The second-order valence-electron chi connectivity index (χ2n) is 4.57. The molecule has 2 aromatic carbocycles. The van der Waals surface area contributed by atoms with Gasteiger partial charge in [-0.1, -0.05) is 29.8 Å². The molecule has 2 aromatic rings. The van der Waals surface area contributed by atoms with Crippen molar-refractivity contribution in [3.05, 3.63) is 70.2 Å². The lowest BCUT2D eigenvalue weighted by Crippen LogP contribution is -2.28. The number of hydrogen-bond donors (Lipinski definition) is 1. The van der Waals surface area contributed by atoms with Gasteiger partial charge in [-0.15, -0.1) is 0 Å². The third kappa shape index (κ3) is 4.75. The van der Waals surface area contributed by atoms with Crippen molar-refractivity contribution in [1.82, 2.24) is 5.32 Å². The molecule has 4 nitrogen and oxygen atoms in total. The van der Waals surface area contributed by atoms with Crippen LogP contribution in [0.4, 0.5) is 8.78 Å². The Hall–Kier alpha value is -2.47. The fourth-order valence-corrected chi connectivity index (χ4v) is 1.95. The van der Waals surface area contributed by atoms with Crippen LogP contribution in [0.15, 0.2) is 42.5 Å². The number of hydrogen-bond acceptors (Lipinski definition) is 3. The molecule has 120 valence electrons. The van der Waals surface area contributed by atoms with Gasteiger partial charge in [0, 0.05) is 17.6 Å². The second kappa shape index (κ2) is 7.69. The predicted octanol–water partition coefficient (Wildman–Crippen LogP) is 3.09. The molecular weight excluding hydrogens is 328 g/mol. The van der Waals surface area contributed by atoms with Crippen LogP contribution in [0, 0.1) is 11.6 Å². The zero-order chi connectivity index (χ0) is 16.8. The quantitative estimate of drug-likeness (QED) is 0.852. The second-order valence-corrected chi connectivity index (χ2v) is 4.98. The van der Waals surface area contributed by atoms with Crippen molar-refractivity contribution in [3.8, 4) is 0 Å². The number of ether oxygens (including phenoxy) is 1. The summed E-state index contributed by atoms with van der Waals surface area (Å²) in [4.78, 5) is 23.2. The van der Waals surface area contributed by atoms with Gasteiger partial charge in [-0.25, -0.2) is 13.6 Å². The minimum absolute atomic E-state index is 0.168. The Morgan fingerprint density at radius 1 is 1.13 bits per heavy atom. The van der Waals surface area contributed by atoms with Crippen LogP contribution in [0.2, 0.25) is 5.02 Å². The normalized spacial score (nSPS) is 10.2. The Bertz CT molecular complexity index is 737. The summed E-state index contributed by atoms with van der Waals surface area (Å²) in [6.07, 6.45) is 0. The lowest BCUT2D eigenvalue weighted by Gasteiger charge is -2.08. The maximum atomic E-state index is 13.4. The van der Waals surface area contributed by atoms with Gasteiger partial charge in [0.1, 0.15) is 11.6 Å². The number of halogens is 3. The molecule has 0 aliphatic carbocycles.